The minimum Gasteiger partial charge on any atom is -0.383 e. The number of hydrogen-bond donors (Lipinski definition) is 2. The standard InChI is InChI=1S/C13H15N5OS2/c14-10-5-11(15)17-13(16-10)21-7-12(19)18-3-1-9-8(6-18)2-4-20-9/h2,4-5H,1,3,6-7H2,(H4,14,15,16,17). The molecular weight excluding hydrogens is 306 g/mol. The topological polar surface area (TPSA) is 98.1 Å². The fraction of sp³-hybridized carbons (Fsp3) is 0.308. The summed E-state index contributed by atoms with van der Waals surface area (Å²) in [6.07, 6.45) is 0.936. The van der Waals surface area contributed by atoms with Gasteiger partial charge in [-0.05, 0) is 23.4 Å². The zero-order valence-electron chi connectivity index (χ0n) is 11.3. The van der Waals surface area contributed by atoms with E-state index < -0.39 is 0 Å². The number of fused-ring (bicyclic) bond motifs is 1. The molecule has 0 radical (unpaired) electrons. The molecule has 6 nitrogen and oxygen atoms in total. The van der Waals surface area contributed by atoms with Crippen molar-refractivity contribution in [1.82, 2.24) is 14.9 Å². The number of rotatable bonds is 3. The molecule has 0 spiro atoms. The maximum absolute atomic E-state index is 12.3. The Labute approximate surface area is 130 Å². The van der Waals surface area contributed by atoms with Crippen LogP contribution in [0.3, 0.4) is 0 Å². The van der Waals surface area contributed by atoms with Gasteiger partial charge in [0.15, 0.2) is 5.16 Å². The van der Waals surface area contributed by atoms with Gasteiger partial charge in [0.2, 0.25) is 5.91 Å². The van der Waals surface area contributed by atoms with Crippen molar-refractivity contribution in [1.29, 1.82) is 0 Å². The molecular formula is C13H15N5OS2. The maximum Gasteiger partial charge on any atom is 0.233 e. The second-order valence-corrected chi connectivity index (χ2v) is 6.67. The van der Waals surface area contributed by atoms with Gasteiger partial charge in [0.25, 0.3) is 0 Å². The minimum absolute atomic E-state index is 0.0847. The highest BCUT2D eigenvalue weighted by Gasteiger charge is 2.21. The van der Waals surface area contributed by atoms with Gasteiger partial charge in [0.05, 0.1) is 5.75 Å². The summed E-state index contributed by atoms with van der Waals surface area (Å²) in [6.45, 7) is 1.46. The first-order chi connectivity index (χ1) is 10.1. The van der Waals surface area contributed by atoms with Crippen LogP contribution in [0.1, 0.15) is 10.4 Å². The summed E-state index contributed by atoms with van der Waals surface area (Å²) >= 11 is 3.02. The number of thioether (sulfide) groups is 1. The highest BCUT2D eigenvalue weighted by atomic mass is 32.2. The van der Waals surface area contributed by atoms with Crippen molar-refractivity contribution in [2.45, 2.75) is 18.1 Å². The molecule has 2 aromatic heterocycles. The molecule has 1 amide bonds. The van der Waals surface area contributed by atoms with Crippen LogP contribution in [-0.2, 0) is 17.8 Å². The van der Waals surface area contributed by atoms with E-state index >= 15 is 0 Å². The van der Waals surface area contributed by atoms with Gasteiger partial charge < -0.3 is 16.4 Å². The lowest BCUT2D eigenvalue weighted by Crippen LogP contribution is -2.36. The Morgan fingerprint density at radius 1 is 1.38 bits per heavy atom. The number of amides is 1. The van der Waals surface area contributed by atoms with Crippen molar-refractivity contribution in [3.05, 3.63) is 28.0 Å². The number of anilines is 2. The van der Waals surface area contributed by atoms with Crippen LogP contribution in [0.4, 0.5) is 11.6 Å². The fourth-order valence-electron chi connectivity index (χ4n) is 2.21. The second-order valence-electron chi connectivity index (χ2n) is 4.72. The number of hydrogen-bond acceptors (Lipinski definition) is 7. The third-order valence-corrected chi connectivity index (χ3v) is 5.09. The molecule has 0 unspecified atom stereocenters. The fourth-order valence-corrected chi connectivity index (χ4v) is 3.87. The van der Waals surface area contributed by atoms with Crippen LogP contribution in [0.2, 0.25) is 0 Å². The van der Waals surface area contributed by atoms with E-state index in [1.807, 2.05) is 4.90 Å². The lowest BCUT2D eigenvalue weighted by molar-refractivity contribution is -0.129. The molecule has 0 aromatic carbocycles. The molecule has 1 aliphatic heterocycles. The highest BCUT2D eigenvalue weighted by molar-refractivity contribution is 7.99. The van der Waals surface area contributed by atoms with Gasteiger partial charge in [0.1, 0.15) is 11.6 Å². The first-order valence-electron chi connectivity index (χ1n) is 6.47. The third kappa shape index (κ3) is 3.27. The van der Waals surface area contributed by atoms with E-state index in [-0.39, 0.29) is 5.91 Å². The summed E-state index contributed by atoms with van der Waals surface area (Å²) in [5.74, 6) is 1.01. The molecule has 0 bridgehead atoms. The van der Waals surface area contributed by atoms with Crippen LogP contribution >= 0.6 is 23.1 Å². The second kappa shape index (κ2) is 5.90. The highest BCUT2D eigenvalue weighted by Crippen LogP contribution is 2.25. The molecule has 0 saturated heterocycles. The molecule has 110 valence electrons. The first kappa shape index (κ1) is 14.2. The zero-order chi connectivity index (χ0) is 14.8. The van der Waals surface area contributed by atoms with E-state index in [0.29, 0.717) is 29.1 Å². The van der Waals surface area contributed by atoms with Crippen molar-refractivity contribution in [3.8, 4) is 0 Å². The number of nitrogen functional groups attached to an aromatic ring is 2. The summed E-state index contributed by atoms with van der Waals surface area (Å²) in [6, 6.07) is 3.59. The normalized spacial score (nSPS) is 14.0. The third-order valence-electron chi connectivity index (χ3n) is 3.23. The maximum atomic E-state index is 12.3. The molecule has 0 saturated carbocycles. The number of carbonyl (C=O) groups excluding carboxylic acids is 1. The largest absolute Gasteiger partial charge is 0.383 e. The minimum atomic E-state index is 0.0847. The molecule has 1 aliphatic rings. The molecule has 3 rings (SSSR count). The van der Waals surface area contributed by atoms with Crippen LogP contribution in [0.15, 0.2) is 22.7 Å². The van der Waals surface area contributed by atoms with Crippen molar-refractivity contribution in [2.24, 2.45) is 0 Å². The number of thiophene rings is 1. The SMILES string of the molecule is Nc1cc(N)nc(SCC(=O)N2CCc3sccc3C2)n1. The monoisotopic (exact) mass is 321 g/mol. The van der Waals surface area contributed by atoms with Crippen molar-refractivity contribution >= 4 is 40.6 Å². The molecule has 8 heteroatoms. The molecule has 2 aromatic rings. The molecule has 0 atom stereocenters. The number of nitrogens with two attached hydrogens (primary N) is 2. The van der Waals surface area contributed by atoms with E-state index in [0.717, 1.165) is 13.0 Å². The number of nitrogens with zero attached hydrogens (tertiary/aromatic N) is 3. The molecule has 3 heterocycles. The van der Waals surface area contributed by atoms with Crippen molar-refractivity contribution < 1.29 is 4.79 Å². The molecule has 0 fully saturated rings. The van der Waals surface area contributed by atoms with Gasteiger partial charge in [-0.15, -0.1) is 11.3 Å². The predicted octanol–water partition coefficient (Wildman–Crippen LogP) is 1.38. The van der Waals surface area contributed by atoms with Gasteiger partial charge in [-0.25, -0.2) is 9.97 Å². The van der Waals surface area contributed by atoms with Gasteiger partial charge in [-0.2, -0.15) is 0 Å². The van der Waals surface area contributed by atoms with Crippen LogP contribution in [0.5, 0.6) is 0 Å². The van der Waals surface area contributed by atoms with Gasteiger partial charge >= 0.3 is 0 Å². The summed E-state index contributed by atoms with van der Waals surface area (Å²) in [4.78, 5) is 23.6. The Hall–Kier alpha value is -1.80. The summed E-state index contributed by atoms with van der Waals surface area (Å²) < 4.78 is 0. The first-order valence-corrected chi connectivity index (χ1v) is 8.34. The van der Waals surface area contributed by atoms with Crippen molar-refractivity contribution in [3.63, 3.8) is 0 Å². The van der Waals surface area contributed by atoms with E-state index in [2.05, 4.69) is 21.4 Å². The summed E-state index contributed by atoms with van der Waals surface area (Å²) in [5.41, 5.74) is 12.5. The predicted molar refractivity (Wildman–Crippen MR) is 85.0 cm³/mol. The number of carbonyl (C=O) groups is 1. The Bertz CT molecular complexity index is 652. The Balaban J connectivity index is 1.60. The summed E-state index contributed by atoms with van der Waals surface area (Å²) in [7, 11) is 0. The number of aromatic nitrogens is 2. The zero-order valence-corrected chi connectivity index (χ0v) is 12.9. The Kier molecular flexibility index (Phi) is 3.98. The van der Waals surface area contributed by atoms with Crippen LogP contribution < -0.4 is 11.5 Å². The van der Waals surface area contributed by atoms with Crippen molar-refractivity contribution in [2.75, 3.05) is 23.8 Å². The quantitative estimate of drug-likeness (QED) is 0.654. The van der Waals surface area contributed by atoms with Gasteiger partial charge in [-0.3, -0.25) is 4.79 Å². The lowest BCUT2D eigenvalue weighted by Gasteiger charge is -2.26. The Morgan fingerprint density at radius 2 is 2.14 bits per heavy atom. The van der Waals surface area contributed by atoms with Crippen LogP contribution in [-0.4, -0.2) is 33.1 Å². The van der Waals surface area contributed by atoms with Crippen LogP contribution in [0.25, 0.3) is 0 Å². The van der Waals surface area contributed by atoms with Gasteiger partial charge in [-0.1, -0.05) is 11.8 Å². The smallest absolute Gasteiger partial charge is 0.233 e. The van der Waals surface area contributed by atoms with E-state index in [1.54, 1.807) is 11.3 Å². The average molecular weight is 321 g/mol. The van der Waals surface area contributed by atoms with Gasteiger partial charge in [0, 0.05) is 24.0 Å². The van der Waals surface area contributed by atoms with E-state index in [9.17, 15) is 4.79 Å². The van der Waals surface area contributed by atoms with E-state index in [4.69, 9.17) is 11.5 Å². The lowest BCUT2D eigenvalue weighted by atomic mass is 10.1. The molecule has 4 N–H and O–H groups in total. The Morgan fingerprint density at radius 3 is 2.90 bits per heavy atom. The molecule has 21 heavy (non-hydrogen) atoms. The van der Waals surface area contributed by atoms with Crippen LogP contribution in [0, 0.1) is 0 Å². The molecule has 0 aliphatic carbocycles. The average Bonchev–Trinajstić information content (AvgIpc) is 2.91. The van der Waals surface area contributed by atoms with E-state index in [1.165, 1.54) is 28.3 Å². The summed E-state index contributed by atoms with van der Waals surface area (Å²) in [5, 5.41) is 2.52.